The first-order valence-electron chi connectivity index (χ1n) is 9.13. The average Bonchev–Trinajstić information content (AvgIpc) is 3.02. The summed E-state index contributed by atoms with van der Waals surface area (Å²) in [4.78, 5) is 24.6. The van der Waals surface area contributed by atoms with Gasteiger partial charge in [-0.25, -0.2) is 4.39 Å². The van der Waals surface area contributed by atoms with Crippen molar-refractivity contribution in [3.63, 3.8) is 0 Å². The van der Waals surface area contributed by atoms with Crippen LogP contribution in [0.2, 0.25) is 0 Å². The van der Waals surface area contributed by atoms with E-state index in [-0.39, 0.29) is 17.6 Å². The topological polar surface area (TPSA) is 72.4 Å². The lowest BCUT2D eigenvalue weighted by atomic mass is 10.2. The minimum absolute atomic E-state index is 0.249. The van der Waals surface area contributed by atoms with Gasteiger partial charge in [-0.15, -0.1) is 0 Å². The molecule has 2 N–H and O–H groups in total. The predicted molar refractivity (Wildman–Crippen MR) is 109 cm³/mol. The lowest BCUT2D eigenvalue weighted by molar-refractivity contribution is -0.122. The fourth-order valence-electron chi connectivity index (χ4n) is 2.73. The molecule has 0 saturated heterocycles. The van der Waals surface area contributed by atoms with Crippen molar-refractivity contribution in [3.05, 3.63) is 83.4 Å². The second-order valence-corrected chi connectivity index (χ2v) is 6.67. The van der Waals surface area contributed by atoms with Crippen LogP contribution in [0.15, 0.2) is 60.7 Å². The van der Waals surface area contributed by atoms with Crippen molar-refractivity contribution in [3.8, 4) is 5.75 Å². The highest BCUT2D eigenvalue weighted by Crippen LogP contribution is 2.16. The molecule has 29 heavy (non-hydrogen) atoms. The number of halogens is 1. The summed E-state index contributed by atoms with van der Waals surface area (Å²) in [7, 11) is 0. The summed E-state index contributed by atoms with van der Waals surface area (Å²) in [5.41, 5.74) is 5.63. The van der Waals surface area contributed by atoms with E-state index in [0.29, 0.717) is 17.0 Å². The molecule has 0 fully saturated rings. The summed E-state index contributed by atoms with van der Waals surface area (Å²) >= 11 is 0. The van der Waals surface area contributed by atoms with Gasteiger partial charge in [0.05, 0.1) is 0 Å². The Kier molecular flexibility index (Phi) is 5.97. The fraction of sp³-hybridized carbons (Fsp3) is 0.182. The van der Waals surface area contributed by atoms with Crippen LogP contribution < -0.4 is 15.5 Å². The Morgan fingerprint density at radius 3 is 2.10 bits per heavy atom. The van der Waals surface area contributed by atoms with Gasteiger partial charge in [0.2, 0.25) is 0 Å². The second-order valence-electron chi connectivity index (χ2n) is 6.67. The van der Waals surface area contributed by atoms with E-state index in [9.17, 15) is 14.0 Å². The molecule has 0 aliphatic carbocycles. The van der Waals surface area contributed by atoms with Crippen molar-refractivity contribution >= 4 is 17.5 Å². The highest BCUT2D eigenvalue weighted by Gasteiger charge is 2.15. The Labute approximate surface area is 168 Å². The van der Waals surface area contributed by atoms with Crippen molar-refractivity contribution in [2.24, 2.45) is 0 Å². The summed E-state index contributed by atoms with van der Waals surface area (Å²) in [6.45, 7) is 5.42. The van der Waals surface area contributed by atoms with E-state index in [1.807, 2.05) is 26.0 Å². The van der Waals surface area contributed by atoms with Gasteiger partial charge in [-0.3, -0.25) is 19.7 Å². The number of hydrogen-bond acceptors (Lipinski definition) is 3. The summed E-state index contributed by atoms with van der Waals surface area (Å²) in [6, 6.07) is 15.8. The number of benzene rings is 2. The number of nitrogens with one attached hydrogen (secondary N) is 2. The molecule has 2 aromatic carbocycles. The van der Waals surface area contributed by atoms with Crippen LogP contribution in [0.3, 0.4) is 0 Å². The zero-order valence-corrected chi connectivity index (χ0v) is 16.4. The Hall–Kier alpha value is -3.61. The van der Waals surface area contributed by atoms with E-state index in [2.05, 4.69) is 10.7 Å². The number of hydrogen-bond donors (Lipinski definition) is 2. The molecule has 0 bridgehead atoms. The lowest BCUT2D eigenvalue weighted by Gasteiger charge is -2.15. The molecule has 3 aromatic rings. The summed E-state index contributed by atoms with van der Waals surface area (Å²) in [6.07, 6.45) is -0.773. The molecule has 150 valence electrons. The van der Waals surface area contributed by atoms with E-state index in [1.165, 1.54) is 24.3 Å². The molecule has 0 unspecified atom stereocenters. The number of anilines is 1. The minimum Gasteiger partial charge on any atom is -0.481 e. The van der Waals surface area contributed by atoms with Crippen LogP contribution >= 0.6 is 0 Å². The Morgan fingerprint density at radius 1 is 0.931 bits per heavy atom. The summed E-state index contributed by atoms with van der Waals surface area (Å²) in [5.74, 6) is -0.534. The van der Waals surface area contributed by atoms with Gasteiger partial charge in [-0.1, -0.05) is 0 Å². The molecule has 0 radical (unpaired) electrons. The molecule has 0 saturated carbocycles. The molecule has 7 heteroatoms. The van der Waals surface area contributed by atoms with Crippen LogP contribution in [0.1, 0.15) is 28.7 Å². The average molecular weight is 395 g/mol. The molecule has 1 heterocycles. The number of carbonyl (C=O) groups excluding carboxylic acids is 2. The van der Waals surface area contributed by atoms with Crippen LogP contribution in [0, 0.1) is 19.7 Å². The zero-order valence-electron chi connectivity index (χ0n) is 16.4. The van der Waals surface area contributed by atoms with Crippen LogP contribution in [0.4, 0.5) is 10.1 Å². The van der Waals surface area contributed by atoms with Crippen LogP contribution in [-0.4, -0.2) is 22.6 Å². The van der Waals surface area contributed by atoms with Crippen molar-refractivity contribution in [2.45, 2.75) is 26.9 Å². The number of rotatable bonds is 6. The number of aromatic nitrogens is 1. The maximum absolute atomic E-state index is 12.9. The molecule has 6 nitrogen and oxygen atoms in total. The minimum atomic E-state index is -0.773. The van der Waals surface area contributed by atoms with Gasteiger partial charge in [0.15, 0.2) is 6.10 Å². The van der Waals surface area contributed by atoms with Gasteiger partial charge in [0, 0.05) is 22.6 Å². The maximum Gasteiger partial charge on any atom is 0.270 e. The molecule has 0 spiro atoms. The molecule has 1 atom stereocenters. The third-order valence-corrected chi connectivity index (χ3v) is 4.39. The third kappa shape index (κ3) is 5.01. The van der Waals surface area contributed by atoms with E-state index < -0.39 is 6.10 Å². The van der Waals surface area contributed by atoms with E-state index in [1.54, 1.807) is 35.9 Å². The Bertz CT molecular complexity index is 991. The number of aryl methyl sites for hydroxylation is 2. The first kappa shape index (κ1) is 20.1. The van der Waals surface area contributed by atoms with E-state index in [0.717, 1.165) is 11.4 Å². The van der Waals surface area contributed by atoms with Crippen LogP contribution in [0.25, 0.3) is 0 Å². The van der Waals surface area contributed by atoms with Gasteiger partial charge in [0.1, 0.15) is 11.6 Å². The molecule has 0 aliphatic heterocycles. The number of amides is 2. The van der Waals surface area contributed by atoms with Gasteiger partial charge < -0.3 is 10.1 Å². The van der Waals surface area contributed by atoms with Crippen LogP contribution in [-0.2, 0) is 4.79 Å². The van der Waals surface area contributed by atoms with E-state index >= 15 is 0 Å². The summed E-state index contributed by atoms with van der Waals surface area (Å²) < 4.78 is 20.3. The lowest BCUT2D eigenvalue weighted by Crippen LogP contribution is -2.30. The third-order valence-electron chi connectivity index (χ3n) is 4.39. The monoisotopic (exact) mass is 395 g/mol. The summed E-state index contributed by atoms with van der Waals surface area (Å²) in [5, 5.41) is 2.66. The quantitative estimate of drug-likeness (QED) is 0.662. The van der Waals surface area contributed by atoms with Gasteiger partial charge >= 0.3 is 0 Å². The zero-order chi connectivity index (χ0) is 21.0. The van der Waals surface area contributed by atoms with Crippen molar-refractivity contribution in [1.29, 1.82) is 0 Å². The first-order valence-corrected chi connectivity index (χ1v) is 9.13. The van der Waals surface area contributed by atoms with Gasteiger partial charge in [0.25, 0.3) is 11.8 Å². The molecule has 1 aromatic heterocycles. The number of carbonyl (C=O) groups is 2. The SMILES string of the molecule is Cc1ccc(C)n1NC(=O)c1ccc(O[C@@H](C)C(=O)Nc2ccc(F)cc2)cc1. The van der Waals surface area contributed by atoms with Gasteiger partial charge in [-0.2, -0.15) is 0 Å². The molecular formula is C22H22FN3O3. The Balaban J connectivity index is 1.58. The van der Waals surface area contributed by atoms with Crippen LogP contribution in [0.5, 0.6) is 5.75 Å². The largest absolute Gasteiger partial charge is 0.481 e. The second kappa shape index (κ2) is 8.60. The van der Waals surface area contributed by atoms with Crippen molar-refractivity contribution in [2.75, 3.05) is 10.7 Å². The highest BCUT2D eigenvalue weighted by molar-refractivity contribution is 6.00. The number of nitrogens with zero attached hydrogens (tertiary/aromatic N) is 1. The van der Waals surface area contributed by atoms with E-state index in [4.69, 9.17) is 4.74 Å². The standard InChI is InChI=1S/C22H22FN3O3/c1-14-4-5-15(2)26(14)25-22(28)17-6-12-20(13-7-17)29-16(3)21(27)24-19-10-8-18(23)9-11-19/h4-13,16H,1-3H3,(H,24,27)(H,25,28)/t16-/m0/s1. The fourth-order valence-corrected chi connectivity index (χ4v) is 2.73. The smallest absolute Gasteiger partial charge is 0.270 e. The highest BCUT2D eigenvalue weighted by atomic mass is 19.1. The Morgan fingerprint density at radius 2 is 1.52 bits per heavy atom. The predicted octanol–water partition coefficient (Wildman–Crippen LogP) is 4.03. The normalized spacial score (nSPS) is 11.6. The van der Waals surface area contributed by atoms with Crippen molar-refractivity contribution < 1.29 is 18.7 Å². The van der Waals surface area contributed by atoms with Gasteiger partial charge in [-0.05, 0) is 81.4 Å². The molecule has 2 amide bonds. The molecule has 3 rings (SSSR count). The molecule has 0 aliphatic rings. The molecular weight excluding hydrogens is 373 g/mol. The first-order chi connectivity index (χ1) is 13.8. The van der Waals surface area contributed by atoms with Crippen molar-refractivity contribution in [1.82, 2.24) is 4.68 Å². The maximum atomic E-state index is 12.9. The number of ether oxygens (including phenoxy) is 1.